The predicted octanol–water partition coefficient (Wildman–Crippen LogP) is 4.80. The number of carbonyl (C=O) groups is 1. The summed E-state index contributed by atoms with van der Waals surface area (Å²) in [6, 6.07) is 16.2. The Bertz CT molecular complexity index is 1450. The van der Waals surface area contributed by atoms with Crippen molar-refractivity contribution in [2.45, 2.75) is 51.2 Å². The van der Waals surface area contributed by atoms with E-state index in [1.807, 2.05) is 24.3 Å². The van der Waals surface area contributed by atoms with E-state index in [4.69, 9.17) is 4.74 Å². The van der Waals surface area contributed by atoms with Gasteiger partial charge in [-0.25, -0.2) is 21.9 Å². The lowest BCUT2D eigenvalue weighted by atomic mass is 9.91. The summed E-state index contributed by atoms with van der Waals surface area (Å²) in [5, 5.41) is 1.26. The molecule has 0 bridgehead atoms. The van der Waals surface area contributed by atoms with E-state index >= 15 is 4.39 Å². The molecule has 2 aliphatic rings. The molecule has 0 atom stereocenters. The number of hydrogen-bond donors (Lipinski definition) is 0. The van der Waals surface area contributed by atoms with E-state index < -0.39 is 15.7 Å². The van der Waals surface area contributed by atoms with Crippen LogP contribution in [0.15, 0.2) is 48.5 Å². The van der Waals surface area contributed by atoms with Gasteiger partial charge in [-0.1, -0.05) is 30.3 Å². The maximum atomic E-state index is 15.6. The molecule has 2 aromatic carbocycles. The van der Waals surface area contributed by atoms with Crippen LogP contribution in [0.5, 0.6) is 0 Å². The van der Waals surface area contributed by atoms with E-state index in [2.05, 4.69) is 40.7 Å². The monoisotopic (exact) mass is 569 g/mol. The van der Waals surface area contributed by atoms with E-state index in [0.717, 1.165) is 44.5 Å². The number of alkyl halides is 1. The Hall–Kier alpha value is -2.75. The van der Waals surface area contributed by atoms with Crippen LogP contribution in [0.25, 0.3) is 10.9 Å². The van der Waals surface area contributed by atoms with Crippen LogP contribution in [0.1, 0.15) is 52.9 Å². The first-order valence-corrected chi connectivity index (χ1v) is 16.0. The molecular weight excluding hydrogens is 529 g/mol. The van der Waals surface area contributed by atoms with Crippen molar-refractivity contribution in [3.05, 3.63) is 70.9 Å². The highest BCUT2D eigenvalue weighted by Gasteiger charge is 2.39. The van der Waals surface area contributed by atoms with Crippen molar-refractivity contribution in [3.8, 4) is 0 Å². The molecule has 2 fully saturated rings. The average molecular weight is 570 g/mol. The molecule has 5 rings (SSSR count). The summed E-state index contributed by atoms with van der Waals surface area (Å²) in [5.74, 6) is 0.185. The Morgan fingerprint density at radius 3 is 2.30 bits per heavy atom. The summed E-state index contributed by atoms with van der Waals surface area (Å²) in [6.45, 7) is 5.79. The van der Waals surface area contributed by atoms with Crippen LogP contribution in [-0.4, -0.2) is 79.9 Å². The van der Waals surface area contributed by atoms with E-state index in [0.29, 0.717) is 18.0 Å². The highest BCUT2D eigenvalue weighted by molar-refractivity contribution is 7.88. The maximum Gasteiger partial charge on any atom is 0.337 e. The second-order valence-corrected chi connectivity index (χ2v) is 13.6. The molecule has 0 unspecified atom stereocenters. The van der Waals surface area contributed by atoms with Crippen LogP contribution in [0.4, 0.5) is 4.39 Å². The zero-order valence-electron chi connectivity index (χ0n) is 23.7. The Morgan fingerprint density at radius 2 is 1.68 bits per heavy atom. The van der Waals surface area contributed by atoms with Crippen LogP contribution < -0.4 is 0 Å². The topological polar surface area (TPSA) is 71.8 Å². The van der Waals surface area contributed by atoms with Crippen molar-refractivity contribution in [2.75, 3.05) is 46.1 Å². The fraction of sp³-hybridized carbons (Fsp3) is 0.516. The summed E-state index contributed by atoms with van der Waals surface area (Å²) in [6.07, 6.45) is 4.55. The van der Waals surface area contributed by atoms with Gasteiger partial charge in [0.05, 0.1) is 18.9 Å². The van der Waals surface area contributed by atoms with E-state index in [1.54, 1.807) is 0 Å². The number of likely N-dealkylation sites (tertiary alicyclic amines) is 1. The standard InChI is InChI=1S/C31H40FN3O4S/c1-23-28(20-24-8-10-26(11-9-24)30(36)39-2)27-6-4-5-7-29(27)35(23)21-25-12-16-33(17-13-25)22-31(32)14-18-34(19-15-31)40(3,37)38/h4-11,25H,12-22H2,1-3H3. The van der Waals surface area contributed by atoms with Crippen LogP contribution >= 0.6 is 0 Å². The van der Waals surface area contributed by atoms with Gasteiger partial charge in [-0.05, 0) is 87.4 Å². The number of halogens is 1. The first-order valence-electron chi connectivity index (χ1n) is 14.2. The van der Waals surface area contributed by atoms with Crippen LogP contribution in [-0.2, 0) is 27.7 Å². The third-order valence-electron chi connectivity index (χ3n) is 8.86. The van der Waals surface area contributed by atoms with Crippen molar-refractivity contribution < 1.29 is 22.3 Å². The first kappa shape index (κ1) is 28.8. The number of methoxy groups -OCH3 is 1. The van der Waals surface area contributed by atoms with Gasteiger partial charge in [0.25, 0.3) is 0 Å². The minimum atomic E-state index is -3.25. The maximum absolute atomic E-state index is 15.6. The number of rotatable bonds is 8. The number of benzene rings is 2. The Balaban J connectivity index is 1.23. The molecule has 40 heavy (non-hydrogen) atoms. The number of aromatic nitrogens is 1. The van der Waals surface area contributed by atoms with Crippen molar-refractivity contribution in [1.82, 2.24) is 13.8 Å². The fourth-order valence-corrected chi connectivity index (χ4v) is 7.25. The first-order chi connectivity index (χ1) is 19.1. The van der Waals surface area contributed by atoms with Gasteiger partial charge in [-0.2, -0.15) is 0 Å². The highest BCUT2D eigenvalue weighted by Crippen LogP contribution is 2.33. The van der Waals surface area contributed by atoms with Crippen LogP contribution in [0.2, 0.25) is 0 Å². The minimum Gasteiger partial charge on any atom is -0.465 e. The van der Waals surface area contributed by atoms with Gasteiger partial charge in [-0.3, -0.25) is 0 Å². The molecule has 9 heteroatoms. The number of piperidine rings is 2. The zero-order valence-corrected chi connectivity index (χ0v) is 24.6. The molecule has 2 saturated heterocycles. The molecule has 0 aliphatic carbocycles. The summed E-state index contributed by atoms with van der Waals surface area (Å²) < 4.78 is 47.8. The number of ether oxygens (including phenoxy) is 1. The van der Waals surface area contributed by atoms with Gasteiger partial charge in [0, 0.05) is 42.8 Å². The number of carbonyl (C=O) groups excluding carboxylic acids is 1. The quantitative estimate of drug-likeness (QED) is 0.365. The normalized spacial score (nSPS) is 19.2. The number of esters is 1. The third kappa shape index (κ3) is 6.26. The number of hydrogen-bond acceptors (Lipinski definition) is 5. The summed E-state index contributed by atoms with van der Waals surface area (Å²) in [7, 11) is -1.86. The molecule has 1 aromatic heterocycles. The summed E-state index contributed by atoms with van der Waals surface area (Å²) in [5.41, 5.74) is 4.19. The molecule has 0 radical (unpaired) electrons. The van der Waals surface area contributed by atoms with Gasteiger partial charge >= 0.3 is 5.97 Å². The van der Waals surface area contributed by atoms with Gasteiger partial charge in [0.1, 0.15) is 5.67 Å². The van der Waals surface area contributed by atoms with Crippen molar-refractivity contribution in [3.63, 3.8) is 0 Å². The molecule has 0 amide bonds. The van der Waals surface area contributed by atoms with Crippen molar-refractivity contribution in [2.24, 2.45) is 5.92 Å². The lowest BCUT2D eigenvalue weighted by Gasteiger charge is -2.40. The van der Waals surface area contributed by atoms with Gasteiger partial charge < -0.3 is 14.2 Å². The zero-order chi connectivity index (χ0) is 28.5. The van der Waals surface area contributed by atoms with E-state index in [1.165, 1.54) is 39.8 Å². The molecule has 0 N–H and O–H groups in total. The number of para-hydroxylation sites is 1. The van der Waals surface area contributed by atoms with E-state index in [9.17, 15) is 13.2 Å². The number of sulfonamides is 1. The van der Waals surface area contributed by atoms with Crippen molar-refractivity contribution in [1.29, 1.82) is 0 Å². The Labute approximate surface area is 237 Å². The predicted molar refractivity (Wildman–Crippen MR) is 156 cm³/mol. The molecular formula is C31H40FN3O4S. The van der Waals surface area contributed by atoms with Crippen LogP contribution in [0.3, 0.4) is 0 Å². The molecule has 216 valence electrons. The minimum absolute atomic E-state index is 0.267. The smallest absolute Gasteiger partial charge is 0.337 e. The second-order valence-electron chi connectivity index (χ2n) is 11.6. The lowest BCUT2D eigenvalue weighted by Crippen LogP contribution is -2.50. The molecule has 0 saturated carbocycles. The third-order valence-corrected chi connectivity index (χ3v) is 10.2. The highest BCUT2D eigenvalue weighted by atomic mass is 32.2. The van der Waals surface area contributed by atoms with Crippen LogP contribution in [0, 0.1) is 12.8 Å². The molecule has 2 aliphatic heterocycles. The molecule has 7 nitrogen and oxygen atoms in total. The average Bonchev–Trinajstić information content (AvgIpc) is 3.19. The van der Waals surface area contributed by atoms with Gasteiger partial charge in [0.2, 0.25) is 10.0 Å². The molecule has 3 heterocycles. The lowest BCUT2D eigenvalue weighted by molar-refractivity contribution is 0.0308. The summed E-state index contributed by atoms with van der Waals surface area (Å²) in [4.78, 5) is 14.0. The Morgan fingerprint density at radius 1 is 1.02 bits per heavy atom. The van der Waals surface area contributed by atoms with E-state index in [-0.39, 0.29) is 31.9 Å². The number of nitrogens with zero attached hydrogens (tertiary/aromatic N) is 3. The molecule has 0 spiro atoms. The SMILES string of the molecule is COC(=O)c1ccc(Cc2c(C)n(CC3CCN(CC4(F)CCN(S(C)(=O)=O)CC4)CC3)c3ccccc23)cc1. The van der Waals surface area contributed by atoms with Gasteiger partial charge in [-0.15, -0.1) is 0 Å². The van der Waals surface area contributed by atoms with Gasteiger partial charge in [0.15, 0.2) is 0 Å². The number of fused-ring (bicyclic) bond motifs is 1. The van der Waals surface area contributed by atoms with Crippen molar-refractivity contribution >= 4 is 26.9 Å². The largest absolute Gasteiger partial charge is 0.465 e. The Kier molecular flexibility index (Phi) is 8.36. The molecule has 3 aromatic rings. The fourth-order valence-electron chi connectivity index (χ4n) is 6.40. The summed E-state index contributed by atoms with van der Waals surface area (Å²) >= 11 is 0. The second kappa shape index (κ2) is 11.6.